The summed E-state index contributed by atoms with van der Waals surface area (Å²) in [6.07, 6.45) is 7.16. The van der Waals surface area contributed by atoms with E-state index >= 15 is 0 Å². The number of carbonyl (C=O) groups excluding carboxylic acids is 2. The van der Waals surface area contributed by atoms with E-state index in [-0.39, 0.29) is 11.8 Å². The fraction of sp³-hybridized carbons (Fsp3) is 0.190. The molecule has 0 aliphatic carbocycles. The summed E-state index contributed by atoms with van der Waals surface area (Å²) in [6.45, 7) is 2.12. The molecule has 0 spiro atoms. The zero-order chi connectivity index (χ0) is 18.6. The number of carbonyl (C=O) groups is 2. The molecule has 6 nitrogen and oxygen atoms in total. The van der Waals surface area contributed by atoms with Gasteiger partial charge in [0.1, 0.15) is 0 Å². The summed E-state index contributed by atoms with van der Waals surface area (Å²) in [5, 5.41) is 0. The molecule has 1 fully saturated rings. The highest BCUT2D eigenvalue weighted by Crippen LogP contribution is 2.14. The van der Waals surface area contributed by atoms with Crippen molar-refractivity contribution in [3.63, 3.8) is 0 Å². The van der Waals surface area contributed by atoms with Gasteiger partial charge in [-0.2, -0.15) is 0 Å². The lowest BCUT2D eigenvalue weighted by molar-refractivity contribution is 0.0535. The Labute approximate surface area is 157 Å². The van der Waals surface area contributed by atoms with Gasteiger partial charge in [0.25, 0.3) is 11.8 Å². The molecule has 3 aromatic rings. The predicted molar refractivity (Wildman–Crippen MR) is 102 cm³/mol. The van der Waals surface area contributed by atoms with Crippen LogP contribution in [0.4, 0.5) is 0 Å². The molecule has 2 amide bonds. The van der Waals surface area contributed by atoms with E-state index < -0.39 is 0 Å². The van der Waals surface area contributed by atoms with Gasteiger partial charge in [0.05, 0.1) is 5.56 Å². The number of benzene rings is 1. The van der Waals surface area contributed by atoms with E-state index in [0.29, 0.717) is 37.3 Å². The molecule has 0 N–H and O–H groups in total. The van der Waals surface area contributed by atoms with Crippen LogP contribution in [-0.2, 0) is 0 Å². The summed E-state index contributed by atoms with van der Waals surface area (Å²) >= 11 is 0. The summed E-state index contributed by atoms with van der Waals surface area (Å²) in [5.74, 6) is -0.0335. The topological polar surface area (TPSA) is 58.4 Å². The van der Waals surface area contributed by atoms with E-state index in [4.69, 9.17) is 0 Å². The van der Waals surface area contributed by atoms with E-state index in [9.17, 15) is 9.59 Å². The molecule has 4 rings (SSSR count). The average molecular weight is 360 g/mol. The van der Waals surface area contributed by atoms with E-state index in [0.717, 1.165) is 5.69 Å². The summed E-state index contributed by atoms with van der Waals surface area (Å²) < 4.78 is 2.00. The standard InChI is InChI=1S/C21H20N4O2/c26-20(17-5-7-19(8-6-17)23-10-1-2-11-23)24-12-14-25(15-13-24)21(27)18-4-3-9-22-16-18/h1-11,16H,12-15H2. The van der Waals surface area contributed by atoms with Crippen molar-refractivity contribution < 1.29 is 9.59 Å². The van der Waals surface area contributed by atoms with Crippen molar-refractivity contribution in [2.45, 2.75) is 0 Å². The maximum atomic E-state index is 12.7. The highest BCUT2D eigenvalue weighted by atomic mass is 16.2. The van der Waals surface area contributed by atoms with Gasteiger partial charge >= 0.3 is 0 Å². The van der Waals surface area contributed by atoms with Crippen molar-refractivity contribution in [3.05, 3.63) is 84.4 Å². The Morgan fingerprint density at radius 1 is 0.741 bits per heavy atom. The molecule has 1 aromatic carbocycles. The number of hydrogen-bond acceptors (Lipinski definition) is 3. The van der Waals surface area contributed by atoms with Crippen LogP contribution in [0.5, 0.6) is 0 Å². The van der Waals surface area contributed by atoms with Crippen molar-refractivity contribution >= 4 is 11.8 Å². The van der Waals surface area contributed by atoms with Gasteiger partial charge in [-0.15, -0.1) is 0 Å². The molecule has 0 unspecified atom stereocenters. The minimum Gasteiger partial charge on any atom is -0.335 e. The predicted octanol–water partition coefficient (Wildman–Crippen LogP) is 2.47. The lowest BCUT2D eigenvalue weighted by atomic mass is 10.1. The van der Waals surface area contributed by atoms with Crippen LogP contribution in [0.2, 0.25) is 0 Å². The highest BCUT2D eigenvalue weighted by Gasteiger charge is 2.25. The summed E-state index contributed by atoms with van der Waals surface area (Å²) in [4.78, 5) is 32.8. The largest absolute Gasteiger partial charge is 0.335 e. The minimum atomic E-state index is -0.0359. The molecule has 0 radical (unpaired) electrons. The second kappa shape index (κ2) is 7.45. The third kappa shape index (κ3) is 3.60. The number of piperazine rings is 1. The van der Waals surface area contributed by atoms with Gasteiger partial charge < -0.3 is 14.4 Å². The first-order chi connectivity index (χ1) is 13.2. The monoisotopic (exact) mass is 360 g/mol. The van der Waals surface area contributed by atoms with Crippen molar-refractivity contribution in [2.75, 3.05) is 26.2 Å². The summed E-state index contributed by atoms with van der Waals surface area (Å²) in [5.41, 5.74) is 2.26. The molecule has 0 bridgehead atoms. The van der Waals surface area contributed by atoms with Crippen LogP contribution in [0.3, 0.4) is 0 Å². The molecule has 6 heteroatoms. The Bertz CT molecular complexity index is 913. The van der Waals surface area contributed by atoms with Gasteiger partial charge in [-0.05, 0) is 48.5 Å². The summed E-state index contributed by atoms with van der Waals surface area (Å²) in [7, 11) is 0. The van der Waals surface area contributed by atoms with E-state index in [1.807, 2.05) is 53.4 Å². The summed E-state index contributed by atoms with van der Waals surface area (Å²) in [6, 6.07) is 15.0. The van der Waals surface area contributed by atoms with Crippen molar-refractivity contribution in [2.24, 2.45) is 0 Å². The molecule has 1 aliphatic rings. The second-order valence-corrected chi connectivity index (χ2v) is 6.46. The van der Waals surface area contributed by atoms with E-state index in [1.54, 1.807) is 34.3 Å². The number of hydrogen-bond donors (Lipinski definition) is 0. The maximum Gasteiger partial charge on any atom is 0.255 e. The molecule has 136 valence electrons. The third-order valence-corrected chi connectivity index (χ3v) is 4.78. The fourth-order valence-electron chi connectivity index (χ4n) is 3.25. The van der Waals surface area contributed by atoms with Crippen LogP contribution in [0.1, 0.15) is 20.7 Å². The lowest BCUT2D eigenvalue weighted by Crippen LogP contribution is -2.50. The second-order valence-electron chi connectivity index (χ2n) is 6.46. The van der Waals surface area contributed by atoms with E-state index in [1.165, 1.54) is 0 Å². The maximum absolute atomic E-state index is 12.7. The van der Waals surface area contributed by atoms with Gasteiger partial charge in [0.2, 0.25) is 0 Å². The molecule has 3 heterocycles. The molecule has 1 saturated heterocycles. The number of rotatable bonds is 3. The van der Waals surface area contributed by atoms with Crippen LogP contribution >= 0.6 is 0 Å². The first-order valence-electron chi connectivity index (χ1n) is 8.94. The van der Waals surface area contributed by atoms with Crippen molar-refractivity contribution in [1.29, 1.82) is 0 Å². The Kier molecular flexibility index (Phi) is 4.70. The smallest absolute Gasteiger partial charge is 0.255 e. The van der Waals surface area contributed by atoms with Gasteiger partial charge in [0.15, 0.2) is 0 Å². The Hall–Kier alpha value is -3.41. The SMILES string of the molecule is O=C(c1ccc(-n2cccc2)cc1)N1CCN(C(=O)c2cccnc2)CC1. The third-order valence-electron chi connectivity index (χ3n) is 4.78. The van der Waals surface area contributed by atoms with Gasteiger partial charge in [-0.3, -0.25) is 14.6 Å². The molecular formula is C21H20N4O2. The normalized spacial score (nSPS) is 14.2. The van der Waals surface area contributed by atoms with Crippen molar-refractivity contribution in [3.8, 4) is 5.69 Å². The van der Waals surface area contributed by atoms with Crippen molar-refractivity contribution in [1.82, 2.24) is 19.4 Å². The first kappa shape index (κ1) is 17.0. The van der Waals surface area contributed by atoms with Gasteiger partial charge in [-0.25, -0.2) is 0 Å². The van der Waals surface area contributed by atoms with Crippen LogP contribution in [0.15, 0.2) is 73.3 Å². The minimum absolute atomic E-state index is 0.00235. The number of nitrogens with zero attached hydrogens (tertiary/aromatic N) is 4. The number of pyridine rings is 1. The molecular weight excluding hydrogens is 340 g/mol. The zero-order valence-corrected chi connectivity index (χ0v) is 14.9. The van der Waals surface area contributed by atoms with E-state index in [2.05, 4.69) is 4.98 Å². The Morgan fingerprint density at radius 2 is 1.33 bits per heavy atom. The molecule has 0 saturated carbocycles. The molecule has 0 atom stereocenters. The average Bonchev–Trinajstić information content (AvgIpc) is 3.28. The molecule has 1 aliphatic heterocycles. The van der Waals surface area contributed by atoms with Crippen LogP contribution in [0.25, 0.3) is 5.69 Å². The quantitative estimate of drug-likeness (QED) is 0.721. The molecule has 27 heavy (non-hydrogen) atoms. The highest BCUT2D eigenvalue weighted by molar-refractivity contribution is 5.96. The van der Waals surface area contributed by atoms with Crippen LogP contribution in [0, 0.1) is 0 Å². The molecule has 2 aromatic heterocycles. The number of aromatic nitrogens is 2. The first-order valence-corrected chi connectivity index (χ1v) is 8.94. The Balaban J connectivity index is 1.38. The number of amides is 2. The zero-order valence-electron chi connectivity index (χ0n) is 14.9. The van der Waals surface area contributed by atoms with Crippen LogP contribution in [-0.4, -0.2) is 57.3 Å². The lowest BCUT2D eigenvalue weighted by Gasteiger charge is -2.34. The Morgan fingerprint density at radius 3 is 1.89 bits per heavy atom. The van der Waals surface area contributed by atoms with Gasteiger partial charge in [-0.1, -0.05) is 0 Å². The van der Waals surface area contributed by atoms with Gasteiger partial charge in [0, 0.05) is 62.2 Å². The fourth-order valence-corrected chi connectivity index (χ4v) is 3.25. The van der Waals surface area contributed by atoms with Crippen LogP contribution < -0.4 is 0 Å².